The summed E-state index contributed by atoms with van der Waals surface area (Å²) in [6.07, 6.45) is 13.5. The van der Waals surface area contributed by atoms with Crippen LogP contribution in [0.1, 0.15) is 84.5 Å². The van der Waals surface area contributed by atoms with Crippen molar-refractivity contribution in [2.75, 3.05) is 6.61 Å². The van der Waals surface area contributed by atoms with E-state index in [9.17, 15) is 15.0 Å². The normalized spacial score (nSPS) is 25.8. The van der Waals surface area contributed by atoms with Crippen LogP contribution >= 0.6 is 0 Å². The molecule has 0 amide bonds. The number of allylic oxidation sites excluding steroid dienone is 1. The summed E-state index contributed by atoms with van der Waals surface area (Å²) < 4.78 is 4.96. The fraction of sp³-hybridized carbons (Fsp3) is 0.850. The first-order valence-electron chi connectivity index (χ1n) is 9.73. The maximum absolute atomic E-state index is 11.6. The highest BCUT2D eigenvalue weighted by Gasteiger charge is 2.35. The van der Waals surface area contributed by atoms with Gasteiger partial charge in [0.05, 0.1) is 24.7 Å². The number of esters is 1. The number of unbranched alkanes of at least 4 members (excludes halogenated alkanes) is 4. The average molecular weight is 341 g/mol. The smallest absolute Gasteiger partial charge is 0.308 e. The van der Waals surface area contributed by atoms with Gasteiger partial charge < -0.3 is 14.9 Å². The van der Waals surface area contributed by atoms with Gasteiger partial charge in [-0.15, -0.1) is 0 Å². The second-order valence-electron chi connectivity index (χ2n) is 7.22. The van der Waals surface area contributed by atoms with Crippen molar-refractivity contribution < 1.29 is 19.7 Å². The molecule has 4 nitrogen and oxygen atoms in total. The summed E-state index contributed by atoms with van der Waals surface area (Å²) in [5, 5.41) is 20.7. The SMILES string of the molecule is CCCCCCCC(O)/C=C/C1CCCC(O)(CC(=O)OCC)C1. The van der Waals surface area contributed by atoms with E-state index in [1.165, 1.54) is 25.7 Å². The van der Waals surface area contributed by atoms with Crippen molar-refractivity contribution in [3.05, 3.63) is 12.2 Å². The molecule has 0 saturated heterocycles. The molecule has 1 rings (SSSR count). The first-order valence-corrected chi connectivity index (χ1v) is 9.73. The quantitative estimate of drug-likeness (QED) is 0.337. The summed E-state index contributed by atoms with van der Waals surface area (Å²) in [6.45, 7) is 4.32. The lowest BCUT2D eigenvalue weighted by Crippen LogP contribution is -2.37. The predicted molar refractivity (Wildman–Crippen MR) is 96.7 cm³/mol. The van der Waals surface area contributed by atoms with Crippen molar-refractivity contribution in [2.45, 2.75) is 96.2 Å². The molecule has 1 saturated carbocycles. The lowest BCUT2D eigenvalue weighted by molar-refractivity contribution is -0.150. The molecule has 1 fully saturated rings. The Hall–Kier alpha value is -0.870. The Morgan fingerprint density at radius 1 is 1.29 bits per heavy atom. The number of carbonyl (C=O) groups excluding carboxylic acids is 1. The molecule has 1 aliphatic rings. The summed E-state index contributed by atoms with van der Waals surface area (Å²) in [5.74, 6) is -0.0929. The molecule has 0 aromatic rings. The number of hydrogen-bond donors (Lipinski definition) is 2. The van der Waals surface area contributed by atoms with E-state index < -0.39 is 11.7 Å². The summed E-state index contributed by atoms with van der Waals surface area (Å²) in [4.78, 5) is 11.6. The Morgan fingerprint density at radius 3 is 2.75 bits per heavy atom. The first kappa shape index (κ1) is 21.2. The van der Waals surface area contributed by atoms with Gasteiger partial charge in [-0.1, -0.05) is 51.2 Å². The van der Waals surface area contributed by atoms with E-state index >= 15 is 0 Å². The highest BCUT2D eigenvalue weighted by Crippen LogP contribution is 2.35. The molecule has 24 heavy (non-hydrogen) atoms. The standard InChI is InChI=1S/C20H36O4/c1-3-5-6-7-8-11-18(21)13-12-17-10-9-14-20(23,15-17)16-19(22)24-4-2/h12-13,17-18,21,23H,3-11,14-16H2,1-2H3/b13-12+. The van der Waals surface area contributed by atoms with Gasteiger partial charge in [0.25, 0.3) is 0 Å². The number of aliphatic hydroxyl groups is 2. The zero-order chi connectivity index (χ0) is 17.8. The van der Waals surface area contributed by atoms with Crippen molar-refractivity contribution >= 4 is 5.97 Å². The van der Waals surface area contributed by atoms with Crippen molar-refractivity contribution in [3.63, 3.8) is 0 Å². The average Bonchev–Trinajstić information content (AvgIpc) is 2.52. The van der Waals surface area contributed by atoms with Crippen LogP contribution in [0.15, 0.2) is 12.2 Å². The molecule has 0 aromatic heterocycles. The van der Waals surface area contributed by atoms with Crippen molar-refractivity contribution in [2.24, 2.45) is 5.92 Å². The van der Waals surface area contributed by atoms with Gasteiger partial charge in [-0.2, -0.15) is 0 Å². The zero-order valence-corrected chi connectivity index (χ0v) is 15.5. The van der Waals surface area contributed by atoms with E-state index in [0.29, 0.717) is 19.4 Å². The Labute approximate surface area is 147 Å². The molecule has 0 radical (unpaired) electrons. The van der Waals surface area contributed by atoms with E-state index in [0.717, 1.165) is 25.7 Å². The lowest BCUT2D eigenvalue weighted by Gasteiger charge is -2.35. The molecular weight excluding hydrogens is 304 g/mol. The highest BCUT2D eigenvalue weighted by molar-refractivity contribution is 5.70. The molecule has 4 heteroatoms. The molecule has 140 valence electrons. The molecule has 0 aromatic carbocycles. The fourth-order valence-corrected chi connectivity index (χ4v) is 3.53. The summed E-state index contributed by atoms with van der Waals surface area (Å²) in [6, 6.07) is 0. The molecule has 3 unspecified atom stereocenters. The van der Waals surface area contributed by atoms with Crippen LogP contribution in [-0.2, 0) is 9.53 Å². The minimum Gasteiger partial charge on any atom is -0.466 e. The predicted octanol–water partition coefficient (Wildman–Crippen LogP) is 4.14. The fourth-order valence-electron chi connectivity index (χ4n) is 3.53. The van der Waals surface area contributed by atoms with Gasteiger partial charge in [0.2, 0.25) is 0 Å². The van der Waals surface area contributed by atoms with Gasteiger partial charge in [-0.25, -0.2) is 0 Å². The van der Waals surface area contributed by atoms with Gasteiger partial charge in [0, 0.05) is 0 Å². The van der Waals surface area contributed by atoms with Gasteiger partial charge >= 0.3 is 5.97 Å². The third-order valence-corrected chi connectivity index (χ3v) is 4.85. The highest BCUT2D eigenvalue weighted by atomic mass is 16.5. The molecule has 1 aliphatic carbocycles. The maximum Gasteiger partial charge on any atom is 0.308 e. The minimum atomic E-state index is -0.954. The Kier molecular flexibility index (Phi) is 10.3. The Bertz CT molecular complexity index is 380. The topological polar surface area (TPSA) is 66.8 Å². The van der Waals surface area contributed by atoms with E-state index in [4.69, 9.17) is 4.74 Å². The lowest BCUT2D eigenvalue weighted by atomic mass is 9.76. The molecular formula is C20H36O4. The molecule has 0 aliphatic heterocycles. The van der Waals surface area contributed by atoms with Crippen LogP contribution in [0.2, 0.25) is 0 Å². The monoisotopic (exact) mass is 340 g/mol. The first-order chi connectivity index (χ1) is 11.5. The second-order valence-corrected chi connectivity index (χ2v) is 7.22. The van der Waals surface area contributed by atoms with Gasteiger partial charge in [-0.3, -0.25) is 4.79 Å². The molecule has 2 N–H and O–H groups in total. The van der Waals surface area contributed by atoms with Gasteiger partial charge in [-0.05, 0) is 44.9 Å². The number of rotatable bonds is 11. The largest absolute Gasteiger partial charge is 0.466 e. The minimum absolute atomic E-state index is 0.0746. The second kappa shape index (κ2) is 11.6. The summed E-state index contributed by atoms with van der Waals surface area (Å²) in [5.41, 5.74) is -0.954. The number of ether oxygens (including phenoxy) is 1. The van der Waals surface area contributed by atoms with E-state index in [-0.39, 0.29) is 18.3 Å². The molecule has 0 heterocycles. The molecule has 0 spiro atoms. The third kappa shape index (κ3) is 8.84. The number of aliphatic hydroxyl groups excluding tert-OH is 1. The summed E-state index contributed by atoms with van der Waals surface area (Å²) in [7, 11) is 0. The molecule has 3 atom stereocenters. The zero-order valence-electron chi connectivity index (χ0n) is 15.5. The third-order valence-electron chi connectivity index (χ3n) is 4.85. The van der Waals surface area contributed by atoms with Crippen LogP contribution in [0, 0.1) is 5.92 Å². The van der Waals surface area contributed by atoms with E-state index in [1.807, 2.05) is 12.2 Å². The van der Waals surface area contributed by atoms with Crippen molar-refractivity contribution in [1.82, 2.24) is 0 Å². The van der Waals surface area contributed by atoms with Crippen LogP contribution < -0.4 is 0 Å². The van der Waals surface area contributed by atoms with Crippen LogP contribution in [0.25, 0.3) is 0 Å². The molecule has 0 bridgehead atoms. The van der Waals surface area contributed by atoms with Crippen molar-refractivity contribution in [3.8, 4) is 0 Å². The van der Waals surface area contributed by atoms with Gasteiger partial charge in [0.1, 0.15) is 0 Å². The van der Waals surface area contributed by atoms with Crippen molar-refractivity contribution in [1.29, 1.82) is 0 Å². The summed E-state index contributed by atoms with van der Waals surface area (Å²) >= 11 is 0. The van der Waals surface area contributed by atoms with Crippen LogP contribution in [0.3, 0.4) is 0 Å². The van der Waals surface area contributed by atoms with Crippen LogP contribution in [0.5, 0.6) is 0 Å². The van der Waals surface area contributed by atoms with E-state index in [2.05, 4.69) is 6.92 Å². The Morgan fingerprint density at radius 2 is 2.04 bits per heavy atom. The van der Waals surface area contributed by atoms with Crippen LogP contribution in [-0.4, -0.2) is 34.5 Å². The van der Waals surface area contributed by atoms with Crippen LogP contribution in [0.4, 0.5) is 0 Å². The van der Waals surface area contributed by atoms with Gasteiger partial charge in [0.15, 0.2) is 0 Å². The number of hydrogen-bond acceptors (Lipinski definition) is 4. The van der Waals surface area contributed by atoms with E-state index in [1.54, 1.807) is 6.92 Å². The maximum atomic E-state index is 11.6. The Balaban J connectivity index is 2.34. The number of carbonyl (C=O) groups is 1.